The molecule has 78 valence electrons. The van der Waals surface area contributed by atoms with Crippen molar-refractivity contribution < 1.29 is 0 Å². The number of hydrogen-bond donors (Lipinski definition) is 2. The third kappa shape index (κ3) is 2.85. The van der Waals surface area contributed by atoms with E-state index in [9.17, 15) is 0 Å². The monoisotopic (exact) mass is 232 g/mol. The van der Waals surface area contributed by atoms with Gasteiger partial charge in [-0.05, 0) is 17.7 Å². The molecule has 1 aliphatic rings. The molecule has 2 nitrogen and oxygen atoms in total. The number of benzene rings is 1. The van der Waals surface area contributed by atoms with Gasteiger partial charge in [0.15, 0.2) is 0 Å². The van der Waals surface area contributed by atoms with E-state index in [1.165, 1.54) is 5.56 Å². The predicted octanol–water partition coefficient (Wildman–Crippen LogP) is 2.00. The smallest absolute Gasteiger partial charge is 0.0447 e. The van der Waals surface area contributed by atoms with Crippen LogP contribution >= 0.6 is 24.0 Å². The standard InChI is InChI=1S/C10H13ClN2.ClH/c11-9-3-1-2-8(6-9)10-7-12-4-5-13-10;/h1-3,6,10,12-13H,4-5,7H2;1H/t10-;/m1./s1. The Kier molecular flexibility index (Phi) is 4.69. The van der Waals surface area contributed by atoms with Gasteiger partial charge in [-0.25, -0.2) is 0 Å². The molecule has 1 heterocycles. The van der Waals surface area contributed by atoms with Crippen LogP contribution in [0.1, 0.15) is 11.6 Å². The maximum absolute atomic E-state index is 5.92. The van der Waals surface area contributed by atoms with Gasteiger partial charge in [0, 0.05) is 30.7 Å². The molecule has 0 bridgehead atoms. The molecule has 1 atom stereocenters. The fourth-order valence-electron chi connectivity index (χ4n) is 1.61. The number of hydrogen-bond acceptors (Lipinski definition) is 2. The molecule has 14 heavy (non-hydrogen) atoms. The summed E-state index contributed by atoms with van der Waals surface area (Å²) in [4.78, 5) is 0. The van der Waals surface area contributed by atoms with Crippen LogP contribution in [0.2, 0.25) is 5.02 Å². The molecule has 1 aliphatic heterocycles. The maximum atomic E-state index is 5.92. The van der Waals surface area contributed by atoms with E-state index in [1.807, 2.05) is 18.2 Å². The summed E-state index contributed by atoms with van der Waals surface area (Å²) in [6.45, 7) is 3.06. The lowest BCUT2D eigenvalue weighted by Crippen LogP contribution is -2.42. The van der Waals surface area contributed by atoms with Crippen LogP contribution in [-0.2, 0) is 0 Å². The van der Waals surface area contributed by atoms with E-state index in [1.54, 1.807) is 0 Å². The van der Waals surface area contributed by atoms with E-state index in [0.717, 1.165) is 24.7 Å². The minimum absolute atomic E-state index is 0. The van der Waals surface area contributed by atoms with Crippen molar-refractivity contribution in [3.63, 3.8) is 0 Å². The molecule has 2 rings (SSSR count). The van der Waals surface area contributed by atoms with Crippen LogP contribution in [-0.4, -0.2) is 19.6 Å². The number of halogens is 2. The van der Waals surface area contributed by atoms with Crippen molar-refractivity contribution in [3.05, 3.63) is 34.9 Å². The fraction of sp³-hybridized carbons (Fsp3) is 0.400. The zero-order chi connectivity index (χ0) is 9.10. The van der Waals surface area contributed by atoms with Crippen LogP contribution < -0.4 is 10.6 Å². The second-order valence-corrected chi connectivity index (χ2v) is 3.70. The average molecular weight is 233 g/mol. The number of nitrogens with one attached hydrogen (secondary N) is 2. The molecule has 0 unspecified atom stereocenters. The lowest BCUT2D eigenvalue weighted by atomic mass is 10.1. The summed E-state index contributed by atoms with van der Waals surface area (Å²) in [5, 5.41) is 7.60. The highest BCUT2D eigenvalue weighted by molar-refractivity contribution is 6.30. The van der Waals surface area contributed by atoms with E-state index in [0.29, 0.717) is 6.04 Å². The predicted molar refractivity (Wildman–Crippen MR) is 62.3 cm³/mol. The summed E-state index contributed by atoms with van der Waals surface area (Å²) < 4.78 is 0. The minimum Gasteiger partial charge on any atom is -0.314 e. The highest BCUT2D eigenvalue weighted by Crippen LogP contribution is 2.17. The van der Waals surface area contributed by atoms with E-state index in [4.69, 9.17) is 11.6 Å². The van der Waals surface area contributed by atoms with Crippen LogP contribution in [0.15, 0.2) is 24.3 Å². The van der Waals surface area contributed by atoms with Crippen molar-refractivity contribution in [3.8, 4) is 0 Å². The highest BCUT2D eigenvalue weighted by Gasteiger charge is 2.13. The van der Waals surface area contributed by atoms with Crippen molar-refractivity contribution in [2.45, 2.75) is 6.04 Å². The minimum atomic E-state index is 0. The van der Waals surface area contributed by atoms with Crippen molar-refractivity contribution in [1.29, 1.82) is 0 Å². The van der Waals surface area contributed by atoms with Gasteiger partial charge in [-0.1, -0.05) is 23.7 Å². The first-order valence-electron chi connectivity index (χ1n) is 4.56. The van der Waals surface area contributed by atoms with Gasteiger partial charge in [-0.15, -0.1) is 12.4 Å². The van der Waals surface area contributed by atoms with Crippen molar-refractivity contribution in [2.24, 2.45) is 0 Å². The topological polar surface area (TPSA) is 24.1 Å². The molecule has 0 aliphatic carbocycles. The van der Waals surface area contributed by atoms with Gasteiger partial charge in [0.2, 0.25) is 0 Å². The van der Waals surface area contributed by atoms with Crippen molar-refractivity contribution in [2.75, 3.05) is 19.6 Å². The van der Waals surface area contributed by atoms with Gasteiger partial charge in [0.25, 0.3) is 0 Å². The first-order valence-corrected chi connectivity index (χ1v) is 4.93. The van der Waals surface area contributed by atoms with E-state index in [2.05, 4.69) is 16.7 Å². The van der Waals surface area contributed by atoms with Crippen LogP contribution in [0.5, 0.6) is 0 Å². The summed E-state index contributed by atoms with van der Waals surface area (Å²) in [6.07, 6.45) is 0. The Morgan fingerprint density at radius 2 is 2.14 bits per heavy atom. The van der Waals surface area contributed by atoms with Gasteiger partial charge in [-0.2, -0.15) is 0 Å². The van der Waals surface area contributed by atoms with Gasteiger partial charge in [0.1, 0.15) is 0 Å². The molecule has 0 amide bonds. The number of piperazine rings is 1. The van der Waals surface area contributed by atoms with E-state index in [-0.39, 0.29) is 12.4 Å². The van der Waals surface area contributed by atoms with Crippen molar-refractivity contribution >= 4 is 24.0 Å². The lowest BCUT2D eigenvalue weighted by Gasteiger charge is -2.24. The van der Waals surface area contributed by atoms with Crippen molar-refractivity contribution in [1.82, 2.24) is 10.6 Å². The normalized spacial score (nSPS) is 21.4. The van der Waals surface area contributed by atoms with Crippen LogP contribution in [0.3, 0.4) is 0 Å². The largest absolute Gasteiger partial charge is 0.314 e. The third-order valence-electron chi connectivity index (χ3n) is 2.29. The van der Waals surface area contributed by atoms with E-state index < -0.39 is 0 Å². The Hall–Kier alpha value is -0.280. The molecule has 0 radical (unpaired) electrons. The second kappa shape index (κ2) is 5.56. The molecule has 4 heteroatoms. The molecule has 2 N–H and O–H groups in total. The summed E-state index contributed by atoms with van der Waals surface area (Å²) in [5.74, 6) is 0. The Morgan fingerprint density at radius 3 is 2.79 bits per heavy atom. The van der Waals surface area contributed by atoms with Crippen LogP contribution in [0.25, 0.3) is 0 Å². The molecular formula is C10H14Cl2N2. The molecule has 0 saturated carbocycles. The zero-order valence-corrected chi connectivity index (χ0v) is 9.37. The molecule has 1 aromatic carbocycles. The Labute approximate surface area is 95.4 Å². The zero-order valence-electron chi connectivity index (χ0n) is 7.79. The van der Waals surface area contributed by atoms with Crippen LogP contribution in [0, 0.1) is 0 Å². The first kappa shape index (κ1) is 11.8. The fourth-order valence-corrected chi connectivity index (χ4v) is 1.81. The molecule has 1 fully saturated rings. The van der Waals surface area contributed by atoms with Gasteiger partial charge in [0.05, 0.1) is 0 Å². The Balaban J connectivity index is 0.000000980. The molecule has 1 aromatic rings. The summed E-state index contributed by atoms with van der Waals surface area (Å²) in [5.41, 5.74) is 1.26. The number of rotatable bonds is 1. The Bertz CT molecular complexity index is 285. The summed E-state index contributed by atoms with van der Waals surface area (Å²) in [6, 6.07) is 8.44. The lowest BCUT2D eigenvalue weighted by molar-refractivity contribution is 0.430. The summed E-state index contributed by atoms with van der Waals surface area (Å²) in [7, 11) is 0. The first-order chi connectivity index (χ1) is 6.36. The molecule has 0 spiro atoms. The average Bonchev–Trinajstić information content (AvgIpc) is 2.19. The second-order valence-electron chi connectivity index (χ2n) is 3.27. The van der Waals surface area contributed by atoms with Gasteiger partial charge in [-0.3, -0.25) is 0 Å². The SMILES string of the molecule is Cl.Clc1cccc([C@H]2CNCCN2)c1. The van der Waals surface area contributed by atoms with Gasteiger partial charge < -0.3 is 10.6 Å². The van der Waals surface area contributed by atoms with Crippen LogP contribution in [0.4, 0.5) is 0 Å². The Morgan fingerprint density at radius 1 is 1.29 bits per heavy atom. The highest BCUT2D eigenvalue weighted by atomic mass is 35.5. The quantitative estimate of drug-likeness (QED) is 0.775. The molecule has 1 saturated heterocycles. The maximum Gasteiger partial charge on any atom is 0.0447 e. The van der Waals surface area contributed by atoms with Gasteiger partial charge >= 0.3 is 0 Å². The molecule has 0 aromatic heterocycles. The molecular weight excluding hydrogens is 219 g/mol. The third-order valence-corrected chi connectivity index (χ3v) is 2.53. The summed E-state index contributed by atoms with van der Waals surface area (Å²) >= 11 is 5.92. The van der Waals surface area contributed by atoms with E-state index >= 15 is 0 Å².